The van der Waals surface area contributed by atoms with Crippen LogP contribution in [0.2, 0.25) is 0 Å². The molecule has 0 fully saturated rings. The second kappa shape index (κ2) is 3.81. The fraction of sp³-hybridized carbons (Fsp3) is 0.0667. The number of H-pyrrole nitrogens is 1. The first-order valence-corrected chi connectivity index (χ1v) is 5.72. The summed E-state index contributed by atoms with van der Waals surface area (Å²) in [5.41, 5.74) is 1.25. The van der Waals surface area contributed by atoms with E-state index in [0.29, 0.717) is 21.7 Å². The Labute approximate surface area is 103 Å². The zero-order valence-corrected chi connectivity index (χ0v) is 9.86. The lowest BCUT2D eigenvalue weighted by Crippen LogP contribution is -2.02. The normalized spacial score (nSPS) is 10.9. The van der Waals surface area contributed by atoms with Crippen LogP contribution in [0.5, 0.6) is 0 Å². The molecule has 0 unspecified atom stereocenters. The van der Waals surface area contributed by atoms with Crippen molar-refractivity contribution < 1.29 is 0 Å². The van der Waals surface area contributed by atoms with Crippen LogP contribution in [0, 0.1) is 6.92 Å². The molecule has 0 aliphatic rings. The van der Waals surface area contributed by atoms with Gasteiger partial charge in [0.1, 0.15) is 0 Å². The Morgan fingerprint density at radius 2 is 1.61 bits per heavy atom. The monoisotopic (exact) mass is 237 g/mol. The van der Waals surface area contributed by atoms with Crippen LogP contribution in [-0.2, 0) is 0 Å². The zero-order valence-electron chi connectivity index (χ0n) is 9.86. The van der Waals surface area contributed by atoms with Gasteiger partial charge in [0.15, 0.2) is 5.43 Å². The fourth-order valence-corrected chi connectivity index (χ4v) is 2.17. The number of aromatic nitrogens is 1. The Balaban J connectivity index is 2.74. The summed E-state index contributed by atoms with van der Waals surface area (Å²) >= 11 is 0. The van der Waals surface area contributed by atoms with E-state index in [1.165, 1.54) is 0 Å². The van der Waals surface area contributed by atoms with Crippen molar-refractivity contribution in [1.29, 1.82) is 0 Å². The molecule has 0 amide bonds. The maximum Gasteiger partial charge on any atom is 0.256 e. The molecule has 0 atom stereocenters. The van der Waals surface area contributed by atoms with Crippen LogP contribution >= 0.6 is 0 Å². The number of hydrogen-bond donors (Lipinski definition) is 1. The molecular weight excluding hydrogens is 226 g/mol. The molecule has 3 nitrogen and oxygen atoms in total. The summed E-state index contributed by atoms with van der Waals surface area (Å²) < 4.78 is 0. The third kappa shape index (κ3) is 1.52. The molecule has 18 heavy (non-hydrogen) atoms. The summed E-state index contributed by atoms with van der Waals surface area (Å²) in [6.45, 7) is 1.93. The maximum atomic E-state index is 12.4. The van der Waals surface area contributed by atoms with Gasteiger partial charge in [0.2, 0.25) is 0 Å². The van der Waals surface area contributed by atoms with Gasteiger partial charge in [0.05, 0.1) is 10.9 Å². The molecule has 0 spiro atoms. The topological polar surface area (TPSA) is 49.9 Å². The van der Waals surface area contributed by atoms with E-state index in [2.05, 4.69) is 4.98 Å². The molecule has 1 aromatic heterocycles. The fourth-order valence-electron chi connectivity index (χ4n) is 2.17. The minimum atomic E-state index is -0.233. The SMILES string of the molecule is Cc1ccc2c(=O)c3ccccc3c(=O)[nH]c2c1. The average molecular weight is 237 g/mol. The van der Waals surface area contributed by atoms with Gasteiger partial charge in [0, 0.05) is 10.8 Å². The van der Waals surface area contributed by atoms with Gasteiger partial charge in [0.25, 0.3) is 5.56 Å². The second-order valence-electron chi connectivity index (χ2n) is 4.38. The van der Waals surface area contributed by atoms with Crippen molar-refractivity contribution in [3.63, 3.8) is 0 Å². The number of rotatable bonds is 0. The molecule has 0 radical (unpaired) electrons. The summed E-state index contributed by atoms with van der Waals surface area (Å²) in [6, 6.07) is 12.3. The van der Waals surface area contributed by atoms with Crippen molar-refractivity contribution in [2.45, 2.75) is 6.92 Å². The molecule has 0 aliphatic carbocycles. The summed E-state index contributed by atoms with van der Waals surface area (Å²) in [7, 11) is 0. The lowest BCUT2D eigenvalue weighted by Gasteiger charge is -1.93. The minimum Gasteiger partial charge on any atom is -0.321 e. The average Bonchev–Trinajstić information content (AvgIpc) is 2.47. The van der Waals surface area contributed by atoms with Gasteiger partial charge in [-0.3, -0.25) is 9.59 Å². The van der Waals surface area contributed by atoms with Crippen LogP contribution in [0.3, 0.4) is 0 Å². The molecule has 3 heteroatoms. The highest BCUT2D eigenvalue weighted by atomic mass is 16.1. The molecule has 0 bridgehead atoms. The Morgan fingerprint density at radius 1 is 0.889 bits per heavy atom. The smallest absolute Gasteiger partial charge is 0.256 e. The van der Waals surface area contributed by atoms with Crippen molar-refractivity contribution in [2.75, 3.05) is 0 Å². The second-order valence-corrected chi connectivity index (χ2v) is 4.38. The molecular formula is C15H11NO2. The number of aryl methyl sites for hydroxylation is 1. The Kier molecular flexibility index (Phi) is 2.27. The molecule has 3 rings (SSSR count). The van der Waals surface area contributed by atoms with Gasteiger partial charge in [-0.2, -0.15) is 0 Å². The number of fused-ring (bicyclic) bond motifs is 2. The zero-order chi connectivity index (χ0) is 12.7. The number of benzene rings is 2. The number of nitrogens with one attached hydrogen (secondary N) is 1. The van der Waals surface area contributed by atoms with E-state index in [4.69, 9.17) is 0 Å². The molecule has 3 aromatic rings. The van der Waals surface area contributed by atoms with Crippen molar-refractivity contribution in [1.82, 2.24) is 4.98 Å². The van der Waals surface area contributed by atoms with Crippen LogP contribution < -0.4 is 11.0 Å². The quantitative estimate of drug-likeness (QED) is 0.652. The molecule has 0 aliphatic heterocycles. The van der Waals surface area contributed by atoms with E-state index >= 15 is 0 Å². The lowest BCUT2D eigenvalue weighted by atomic mass is 10.1. The maximum absolute atomic E-state index is 12.4. The first kappa shape index (κ1) is 10.7. The summed E-state index contributed by atoms with van der Waals surface area (Å²) in [6.07, 6.45) is 0. The van der Waals surface area contributed by atoms with E-state index in [1.807, 2.05) is 19.1 Å². The van der Waals surface area contributed by atoms with Gasteiger partial charge in [-0.15, -0.1) is 0 Å². The number of hydrogen-bond acceptors (Lipinski definition) is 2. The van der Waals surface area contributed by atoms with Gasteiger partial charge in [-0.25, -0.2) is 0 Å². The Bertz CT molecular complexity index is 878. The minimum absolute atomic E-state index is 0.112. The van der Waals surface area contributed by atoms with E-state index < -0.39 is 0 Å². The molecule has 0 saturated heterocycles. The Hall–Kier alpha value is -2.42. The summed E-state index contributed by atoms with van der Waals surface area (Å²) in [5, 5.41) is 1.42. The van der Waals surface area contributed by atoms with Crippen LogP contribution in [0.1, 0.15) is 5.56 Å². The van der Waals surface area contributed by atoms with Crippen molar-refractivity contribution in [2.24, 2.45) is 0 Å². The van der Waals surface area contributed by atoms with Gasteiger partial charge >= 0.3 is 0 Å². The van der Waals surface area contributed by atoms with Crippen molar-refractivity contribution in [3.05, 3.63) is 68.6 Å². The van der Waals surface area contributed by atoms with E-state index in [-0.39, 0.29) is 11.0 Å². The highest BCUT2D eigenvalue weighted by Crippen LogP contribution is 2.11. The number of aromatic amines is 1. The summed E-state index contributed by atoms with van der Waals surface area (Å²) in [4.78, 5) is 27.2. The largest absolute Gasteiger partial charge is 0.321 e. The summed E-state index contributed by atoms with van der Waals surface area (Å²) in [5.74, 6) is 0. The van der Waals surface area contributed by atoms with Gasteiger partial charge < -0.3 is 4.98 Å². The molecule has 0 saturated carbocycles. The highest BCUT2D eigenvalue weighted by molar-refractivity contribution is 5.90. The molecule has 1 N–H and O–H groups in total. The van der Waals surface area contributed by atoms with Gasteiger partial charge in [-0.1, -0.05) is 24.3 Å². The van der Waals surface area contributed by atoms with E-state index in [0.717, 1.165) is 5.56 Å². The Morgan fingerprint density at radius 3 is 2.39 bits per heavy atom. The van der Waals surface area contributed by atoms with Crippen LogP contribution in [-0.4, -0.2) is 4.98 Å². The van der Waals surface area contributed by atoms with Crippen LogP contribution in [0.25, 0.3) is 21.7 Å². The molecule has 2 aromatic carbocycles. The molecule has 88 valence electrons. The first-order valence-electron chi connectivity index (χ1n) is 5.72. The van der Waals surface area contributed by atoms with E-state index in [1.54, 1.807) is 30.3 Å². The standard InChI is InChI=1S/C15H11NO2/c1-9-6-7-12-13(8-9)16-15(18)11-5-3-2-4-10(11)14(12)17/h2-8H,1H3,(H,16,18). The first-order chi connectivity index (χ1) is 8.66. The van der Waals surface area contributed by atoms with Crippen LogP contribution in [0.15, 0.2) is 52.1 Å². The lowest BCUT2D eigenvalue weighted by molar-refractivity contribution is 1.34. The third-order valence-corrected chi connectivity index (χ3v) is 3.08. The third-order valence-electron chi connectivity index (χ3n) is 3.08. The highest BCUT2D eigenvalue weighted by Gasteiger charge is 2.05. The van der Waals surface area contributed by atoms with Crippen molar-refractivity contribution >= 4 is 21.7 Å². The predicted molar refractivity (Wildman–Crippen MR) is 73.1 cm³/mol. The molecule has 1 heterocycles. The predicted octanol–water partition coefficient (Wildman–Crippen LogP) is 2.35. The van der Waals surface area contributed by atoms with Gasteiger partial charge in [-0.05, 0) is 30.7 Å². The van der Waals surface area contributed by atoms with Crippen LogP contribution in [0.4, 0.5) is 0 Å². The van der Waals surface area contributed by atoms with Crippen molar-refractivity contribution in [3.8, 4) is 0 Å². The van der Waals surface area contributed by atoms with E-state index in [9.17, 15) is 9.59 Å².